The van der Waals surface area contributed by atoms with Gasteiger partial charge in [-0.2, -0.15) is 5.10 Å². The van der Waals surface area contributed by atoms with Crippen molar-refractivity contribution in [3.63, 3.8) is 0 Å². The second-order valence-corrected chi connectivity index (χ2v) is 7.86. The van der Waals surface area contributed by atoms with Crippen LogP contribution in [0.5, 0.6) is 0 Å². The van der Waals surface area contributed by atoms with E-state index in [1.807, 2.05) is 25.6 Å². The van der Waals surface area contributed by atoms with Gasteiger partial charge in [0.1, 0.15) is 4.90 Å². The Morgan fingerprint density at radius 1 is 1.42 bits per heavy atom. The molecule has 2 aromatic heterocycles. The number of sulfonamides is 1. The fraction of sp³-hybridized carbons (Fsp3) is 0.500. The molecule has 0 aromatic carbocycles. The van der Waals surface area contributed by atoms with Crippen LogP contribution in [0.2, 0.25) is 0 Å². The quantitative estimate of drug-likeness (QED) is 0.883. The van der Waals surface area contributed by atoms with Gasteiger partial charge in [-0.25, -0.2) is 13.1 Å². The number of hydrogen-bond acceptors (Lipinski definition) is 5. The Bertz CT molecular complexity index is 817. The van der Waals surface area contributed by atoms with Gasteiger partial charge in [-0.3, -0.25) is 9.67 Å². The third-order valence-corrected chi connectivity index (χ3v) is 5.95. The van der Waals surface area contributed by atoms with E-state index < -0.39 is 10.0 Å². The van der Waals surface area contributed by atoms with E-state index in [4.69, 9.17) is 4.74 Å². The summed E-state index contributed by atoms with van der Waals surface area (Å²) in [5.41, 5.74) is 3.06. The summed E-state index contributed by atoms with van der Waals surface area (Å²) >= 11 is 0. The minimum atomic E-state index is -3.56. The van der Waals surface area contributed by atoms with Gasteiger partial charge in [0.2, 0.25) is 10.0 Å². The van der Waals surface area contributed by atoms with Gasteiger partial charge in [0.15, 0.2) is 0 Å². The van der Waals surface area contributed by atoms with Crippen molar-refractivity contribution >= 4 is 10.0 Å². The van der Waals surface area contributed by atoms with Crippen molar-refractivity contribution in [3.05, 3.63) is 41.5 Å². The third-order valence-electron chi connectivity index (χ3n) is 4.54. The first-order chi connectivity index (χ1) is 11.4. The Morgan fingerprint density at radius 2 is 2.21 bits per heavy atom. The summed E-state index contributed by atoms with van der Waals surface area (Å²) in [4.78, 5) is 4.04. The van der Waals surface area contributed by atoms with Gasteiger partial charge >= 0.3 is 0 Å². The van der Waals surface area contributed by atoms with Gasteiger partial charge in [-0.15, -0.1) is 0 Å². The Balaban J connectivity index is 1.75. The molecule has 0 spiro atoms. The number of ether oxygens (including phenoxy) is 1. The van der Waals surface area contributed by atoms with Crippen molar-refractivity contribution < 1.29 is 13.2 Å². The summed E-state index contributed by atoms with van der Waals surface area (Å²) < 4.78 is 35.1. The predicted molar refractivity (Wildman–Crippen MR) is 88.9 cm³/mol. The topological polar surface area (TPSA) is 86.1 Å². The number of pyridine rings is 1. The standard InChI is InChI=1S/C16H22N4O3S/c1-11-15(12(2)20(3)19-11)16-13(6-8-23-16)9-18-24(21,22)14-5-4-7-17-10-14/h4-5,7,10,13,16,18H,6,8-9H2,1-3H3/t13-,16+/m1/s1. The Kier molecular flexibility index (Phi) is 4.71. The fourth-order valence-corrected chi connectivity index (χ4v) is 4.23. The monoisotopic (exact) mass is 350 g/mol. The lowest BCUT2D eigenvalue weighted by molar-refractivity contribution is 0.0906. The summed E-state index contributed by atoms with van der Waals surface area (Å²) in [6, 6.07) is 3.14. The average Bonchev–Trinajstić information content (AvgIpc) is 3.11. The van der Waals surface area contributed by atoms with E-state index >= 15 is 0 Å². The Hall–Kier alpha value is -1.77. The number of nitrogens with one attached hydrogen (secondary N) is 1. The van der Waals surface area contributed by atoms with Crippen molar-refractivity contribution in [2.75, 3.05) is 13.2 Å². The van der Waals surface area contributed by atoms with E-state index in [-0.39, 0.29) is 16.9 Å². The lowest BCUT2D eigenvalue weighted by atomic mass is 9.94. The molecule has 130 valence electrons. The molecule has 3 heterocycles. The largest absolute Gasteiger partial charge is 0.373 e. The molecular formula is C16H22N4O3S. The smallest absolute Gasteiger partial charge is 0.242 e. The summed E-state index contributed by atoms with van der Waals surface area (Å²) in [6.45, 7) is 4.92. The van der Waals surface area contributed by atoms with Crippen LogP contribution < -0.4 is 4.72 Å². The molecule has 1 saturated heterocycles. The van der Waals surface area contributed by atoms with Crippen LogP contribution in [-0.4, -0.2) is 36.3 Å². The molecule has 1 N–H and O–H groups in total. The van der Waals surface area contributed by atoms with Crippen LogP contribution in [0.25, 0.3) is 0 Å². The molecule has 2 aromatic rings. The molecule has 7 nitrogen and oxygen atoms in total. The molecule has 1 aliphatic rings. The van der Waals surface area contributed by atoms with E-state index in [9.17, 15) is 8.42 Å². The van der Waals surface area contributed by atoms with Crippen LogP contribution in [0.15, 0.2) is 29.4 Å². The van der Waals surface area contributed by atoms with E-state index in [2.05, 4.69) is 14.8 Å². The summed E-state index contributed by atoms with van der Waals surface area (Å²) in [5, 5.41) is 4.44. The zero-order valence-corrected chi connectivity index (χ0v) is 14.9. The van der Waals surface area contributed by atoms with Gasteiger partial charge in [-0.1, -0.05) is 0 Å². The fourth-order valence-electron chi connectivity index (χ4n) is 3.17. The highest BCUT2D eigenvalue weighted by molar-refractivity contribution is 7.89. The van der Waals surface area contributed by atoms with Crippen molar-refractivity contribution in [1.29, 1.82) is 0 Å². The van der Waals surface area contributed by atoms with E-state index in [1.54, 1.807) is 12.3 Å². The van der Waals surface area contributed by atoms with E-state index in [1.165, 1.54) is 12.3 Å². The molecule has 24 heavy (non-hydrogen) atoms. The zero-order chi connectivity index (χ0) is 17.3. The van der Waals surface area contributed by atoms with Gasteiger partial charge in [-0.05, 0) is 32.4 Å². The second-order valence-electron chi connectivity index (χ2n) is 6.09. The maximum atomic E-state index is 12.4. The zero-order valence-electron chi connectivity index (χ0n) is 14.1. The summed E-state index contributed by atoms with van der Waals surface area (Å²) in [5.74, 6) is 0.0815. The molecule has 0 saturated carbocycles. The molecule has 3 rings (SSSR count). The van der Waals surface area contributed by atoms with Crippen LogP contribution in [0.4, 0.5) is 0 Å². The molecule has 1 aliphatic heterocycles. The highest BCUT2D eigenvalue weighted by Crippen LogP contribution is 2.37. The van der Waals surface area contributed by atoms with Crippen LogP contribution in [0, 0.1) is 19.8 Å². The van der Waals surface area contributed by atoms with E-state index in [0.29, 0.717) is 13.2 Å². The summed E-state index contributed by atoms with van der Waals surface area (Å²) in [6.07, 6.45) is 3.58. The lowest BCUT2D eigenvalue weighted by Crippen LogP contribution is -2.31. The number of aromatic nitrogens is 3. The highest BCUT2D eigenvalue weighted by atomic mass is 32.2. The number of rotatable bonds is 5. The van der Waals surface area contributed by atoms with Crippen molar-refractivity contribution in [2.45, 2.75) is 31.3 Å². The minimum absolute atomic E-state index is 0.0815. The Morgan fingerprint density at radius 3 is 2.83 bits per heavy atom. The first-order valence-electron chi connectivity index (χ1n) is 7.91. The molecule has 8 heteroatoms. The molecular weight excluding hydrogens is 328 g/mol. The minimum Gasteiger partial charge on any atom is -0.373 e. The SMILES string of the molecule is Cc1nn(C)c(C)c1[C@H]1OCC[C@@H]1CNS(=O)(=O)c1cccnc1. The van der Waals surface area contributed by atoms with Crippen molar-refractivity contribution in [2.24, 2.45) is 13.0 Å². The highest BCUT2D eigenvalue weighted by Gasteiger charge is 2.34. The lowest BCUT2D eigenvalue weighted by Gasteiger charge is -2.19. The molecule has 0 amide bonds. The predicted octanol–water partition coefficient (Wildman–Crippen LogP) is 1.49. The number of nitrogens with zero attached hydrogens (tertiary/aromatic N) is 3. The van der Waals surface area contributed by atoms with Crippen LogP contribution in [-0.2, 0) is 21.8 Å². The average molecular weight is 350 g/mol. The van der Waals surface area contributed by atoms with Gasteiger partial charge in [0.05, 0.1) is 11.8 Å². The van der Waals surface area contributed by atoms with Gasteiger partial charge in [0.25, 0.3) is 0 Å². The van der Waals surface area contributed by atoms with Crippen LogP contribution >= 0.6 is 0 Å². The Labute approximate surface area is 142 Å². The normalized spacial score (nSPS) is 21.3. The molecule has 0 bridgehead atoms. The maximum absolute atomic E-state index is 12.4. The molecule has 1 fully saturated rings. The second kappa shape index (κ2) is 6.62. The number of aryl methyl sites for hydroxylation is 2. The van der Waals surface area contributed by atoms with Crippen molar-refractivity contribution in [1.82, 2.24) is 19.5 Å². The molecule has 0 unspecified atom stereocenters. The van der Waals surface area contributed by atoms with E-state index in [0.717, 1.165) is 23.4 Å². The van der Waals surface area contributed by atoms with Crippen LogP contribution in [0.3, 0.4) is 0 Å². The molecule has 0 aliphatic carbocycles. The molecule has 2 atom stereocenters. The van der Waals surface area contributed by atoms with Crippen LogP contribution in [0.1, 0.15) is 29.5 Å². The molecule has 0 radical (unpaired) electrons. The van der Waals surface area contributed by atoms with Crippen molar-refractivity contribution in [3.8, 4) is 0 Å². The number of hydrogen-bond donors (Lipinski definition) is 1. The summed E-state index contributed by atoms with van der Waals surface area (Å²) in [7, 11) is -1.65. The first-order valence-corrected chi connectivity index (χ1v) is 9.40. The first kappa shape index (κ1) is 17.1. The third kappa shape index (κ3) is 3.22. The van der Waals surface area contributed by atoms with Gasteiger partial charge < -0.3 is 4.74 Å². The van der Waals surface area contributed by atoms with Gasteiger partial charge in [0, 0.05) is 49.8 Å². The maximum Gasteiger partial charge on any atom is 0.242 e.